The summed E-state index contributed by atoms with van der Waals surface area (Å²) in [5, 5.41) is 11.7. The molecule has 0 atom stereocenters. The molecule has 2 heterocycles. The van der Waals surface area contributed by atoms with Crippen LogP contribution in [0.1, 0.15) is 31.3 Å². The lowest BCUT2D eigenvalue weighted by Gasteiger charge is -2.11. The van der Waals surface area contributed by atoms with Crippen molar-refractivity contribution in [2.45, 2.75) is 33.7 Å². The first-order chi connectivity index (χ1) is 11.1. The van der Waals surface area contributed by atoms with Crippen molar-refractivity contribution in [2.24, 2.45) is 5.92 Å². The molecule has 6 heteroatoms. The predicted octanol–water partition coefficient (Wildman–Crippen LogP) is 3.37. The molecule has 23 heavy (non-hydrogen) atoms. The molecule has 120 valence electrons. The van der Waals surface area contributed by atoms with Gasteiger partial charge < -0.3 is 9.84 Å². The molecule has 0 amide bonds. The van der Waals surface area contributed by atoms with E-state index in [4.69, 9.17) is 4.52 Å². The second-order valence-electron chi connectivity index (χ2n) is 5.96. The topological polar surface area (TPSA) is 68.8 Å². The van der Waals surface area contributed by atoms with E-state index in [9.17, 15) is 0 Å². The minimum Gasteiger partial charge on any atom is -0.374 e. The maximum absolute atomic E-state index is 5.30. The van der Waals surface area contributed by atoms with Crippen LogP contribution < -0.4 is 5.32 Å². The maximum atomic E-state index is 5.30. The highest BCUT2D eigenvalue weighted by Gasteiger charge is 2.10. The summed E-state index contributed by atoms with van der Waals surface area (Å²) in [6, 6.07) is 10.0. The zero-order chi connectivity index (χ0) is 16.2. The van der Waals surface area contributed by atoms with Crippen LogP contribution in [-0.2, 0) is 13.0 Å². The van der Waals surface area contributed by atoms with Gasteiger partial charge in [-0.3, -0.25) is 0 Å². The smallest absolute Gasteiger partial charge is 0.245 e. The van der Waals surface area contributed by atoms with E-state index in [2.05, 4.69) is 34.4 Å². The molecule has 0 saturated carbocycles. The van der Waals surface area contributed by atoms with Crippen LogP contribution in [0.15, 0.2) is 41.1 Å². The molecule has 0 spiro atoms. The highest BCUT2D eigenvalue weighted by atomic mass is 16.5. The molecular formula is C17H21N5O. The molecular weight excluding hydrogens is 290 g/mol. The Bertz CT molecular complexity index is 775. The molecule has 0 aliphatic heterocycles. The van der Waals surface area contributed by atoms with E-state index in [0.29, 0.717) is 18.4 Å². The Kier molecular flexibility index (Phi) is 4.41. The van der Waals surface area contributed by atoms with Gasteiger partial charge in [0.05, 0.1) is 17.9 Å². The number of anilines is 1. The van der Waals surface area contributed by atoms with Crippen molar-refractivity contribution in [2.75, 3.05) is 5.32 Å². The Morgan fingerprint density at radius 1 is 1.22 bits per heavy atom. The van der Waals surface area contributed by atoms with Crippen LogP contribution in [0.3, 0.4) is 0 Å². The van der Waals surface area contributed by atoms with Crippen molar-refractivity contribution in [3.63, 3.8) is 0 Å². The summed E-state index contributed by atoms with van der Waals surface area (Å²) >= 11 is 0. The Labute approximate surface area is 135 Å². The number of para-hydroxylation sites is 2. The van der Waals surface area contributed by atoms with E-state index in [0.717, 1.165) is 29.3 Å². The third kappa shape index (κ3) is 3.59. The van der Waals surface area contributed by atoms with Crippen LogP contribution >= 0.6 is 0 Å². The minimum absolute atomic E-state index is 0.489. The lowest BCUT2D eigenvalue weighted by atomic mass is 10.1. The first kappa shape index (κ1) is 15.3. The second-order valence-corrected chi connectivity index (χ2v) is 5.96. The van der Waals surface area contributed by atoms with Crippen LogP contribution in [0.4, 0.5) is 5.69 Å². The maximum Gasteiger partial charge on any atom is 0.245 e. The number of nitrogens with zero attached hydrogens (tertiary/aromatic N) is 4. The first-order valence-corrected chi connectivity index (χ1v) is 7.79. The molecule has 2 aromatic heterocycles. The Morgan fingerprint density at radius 2 is 2.04 bits per heavy atom. The van der Waals surface area contributed by atoms with Gasteiger partial charge >= 0.3 is 0 Å². The predicted molar refractivity (Wildman–Crippen MR) is 88.5 cm³/mol. The highest BCUT2D eigenvalue weighted by molar-refractivity contribution is 5.60. The normalized spacial score (nSPS) is 11.1. The molecule has 0 radical (unpaired) electrons. The standard InChI is InChI=1S/C17H21N5O/c1-12(2)10-16-20-17(23-21-16)11-18-14-6-4-5-7-15(14)22-13(3)8-9-19-22/h4-9,12,18H,10-11H2,1-3H3. The zero-order valence-electron chi connectivity index (χ0n) is 13.7. The second kappa shape index (κ2) is 6.64. The van der Waals surface area contributed by atoms with E-state index in [1.54, 1.807) is 6.20 Å². The zero-order valence-corrected chi connectivity index (χ0v) is 13.7. The molecule has 6 nitrogen and oxygen atoms in total. The van der Waals surface area contributed by atoms with E-state index in [1.165, 1.54) is 0 Å². The molecule has 0 bridgehead atoms. The summed E-state index contributed by atoms with van der Waals surface area (Å²) in [5.74, 6) is 1.86. The average molecular weight is 311 g/mol. The molecule has 1 N–H and O–H groups in total. The quantitative estimate of drug-likeness (QED) is 0.756. The Balaban J connectivity index is 1.74. The summed E-state index contributed by atoms with van der Waals surface area (Å²) in [5.41, 5.74) is 3.05. The van der Waals surface area contributed by atoms with Crippen molar-refractivity contribution in [3.8, 4) is 5.69 Å². The van der Waals surface area contributed by atoms with Crippen LogP contribution in [0.25, 0.3) is 5.69 Å². The molecule has 0 fully saturated rings. The molecule has 0 saturated heterocycles. The fourth-order valence-corrected chi connectivity index (χ4v) is 2.41. The summed E-state index contributed by atoms with van der Waals surface area (Å²) in [7, 11) is 0. The van der Waals surface area contributed by atoms with Crippen LogP contribution in [-0.4, -0.2) is 19.9 Å². The fourth-order valence-electron chi connectivity index (χ4n) is 2.41. The SMILES string of the molecule is Cc1ccnn1-c1ccccc1NCc1nc(CC(C)C)no1. The lowest BCUT2D eigenvalue weighted by Crippen LogP contribution is -2.06. The summed E-state index contributed by atoms with van der Waals surface area (Å²) < 4.78 is 7.20. The third-order valence-corrected chi connectivity index (χ3v) is 3.50. The fraction of sp³-hybridized carbons (Fsp3) is 0.353. The van der Waals surface area contributed by atoms with Gasteiger partial charge in [-0.25, -0.2) is 4.68 Å². The number of aromatic nitrogens is 4. The first-order valence-electron chi connectivity index (χ1n) is 7.79. The average Bonchev–Trinajstić information content (AvgIpc) is 3.14. The van der Waals surface area contributed by atoms with Gasteiger partial charge in [-0.1, -0.05) is 31.1 Å². The van der Waals surface area contributed by atoms with Crippen molar-refractivity contribution < 1.29 is 4.52 Å². The van der Waals surface area contributed by atoms with Crippen LogP contribution in [0.2, 0.25) is 0 Å². The number of hydrogen-bond acceptors (Lipinski definition) is 5. The van der Waals surface area contributed by atoms with Crippen LogP contribution in [0, 0.1) is 12.8 Å². The van der Waals surface area contributed by atoms with Crippen molar-refractivity contribution >= 4 is 5.69 Å². The minimum atomic E-state index is 0.489. The van der Waals surface area contributed by atoms with E-state index < -0.39 is 0 Å². The molecule has 0 unspecified atom stereocenters. The van der Waals surface area contributed by atoms with Crippen molar-refractivity contribution in [3.05, 3.63) is 53.9 Å². The van der Waals surface area contributed by atoms with Gasteiger partial charge in [0.2, 0.25) is 5.89 Å². The third-order valence-electron chi connectivity index (χ3n) is 3.50. The van der Waals surface area contributed by atoms with E-state index in [-0.39, 0.29) is 0 Å². The van der Waals surface area contributed by atoms with Gasteiger partial charge in [-0.2, -0.15) is 10.1 Å². The van der Waals surface area contributed by atoms with Gasteiger partial charge in [0.1, 0.15) is 0 Å². The molecule has 3 aromatic rings. The lowest BCUT2D eigenvalue weighted by molar-refractivity contribution is 0.375. The van der Waals surface area contributed by atoms with Gasteiger partial charge in [0, 0.05) is 18.3 Å². The highest BCUT2D eigenvalue weighted by Crippen LogP contribution is 2.21. The van der Waals surface area contributed by atoms with Crippen LogP contribution in [0.5, 0.6) is 0 Å². The largest absolute Gasteiger partial charge is 0.374 e. The number of rotatable bonds is 6. The Morgan fingerprint density at radius 3 is 2.78 bits per heavy atom. The molecule has 0 aliphatic carbocycles. The van der Waals surface area contributed by atoms with Crippen molar-refractivity contribution in [1.82, 2.24) is 19.9 Å². The van der Waals surface area contributed by atoms with Gasteiger partial charge in [-0.05, 0) is 31.0 Å². The summed E-state index contributed by atoms with van der Waals surface area (Å²) in [6.07, 6.45) is 2.62. The summed E-state index contributed by atoms with van der Waals surface area (Å²) in [4.78, 5) is 4.41. The molecule has 1 aromatic carbocycles. The summed E-state index contributed by atoms with van der Waals surface area (Å²) in [6.45, 7) is 6.79. The number of aryl methyl sites for hydroxylation is 1. The van der Waals surface area contributed by atoms with Gasteiger partial charge in [0.25, 0.3) is 0 Å². The van der Waals surface area contributed by atoms with E-state index in [1.807, 2.05) is 41.9 Å². The number of nitrogens with one attached hydrogen (secondary N) is 1. The molecule has 3 rings (SSSR count). The monoisotopic (exact) mass is 311 g/mol. The number of hydrogen-bond donors (Lipinski definition) is 1. The van der Waals surface area contributed by atoms with Gasteiger partial charge in [-0.15, -0.1) is 0 Å². The molecule has 0 aliphatic rings. The Hall–Kier alpha value is -2.63. The van der Waals surface area contributed by atoms with E-state index >= 15 is 0 Å². The number of benzene rings is 1. The van der Waals surface area contributed by atoms with Gasteiger partial charge in [0.15, 0.2) is 5.82 Å². The van der Waals surface area contributed by atoms with Crippen molar-refractivity contribution in [1.29, 1.82) is 0 Å².